The van der Waals surface area contributed by atoms with Gasteiger partial charge in [-0.25, -0.2) is 0 Å². The van der Waals surface area contributed by atoms with Gasteiger partial charge in [-0.15, -0.1) is 0 Å². The molecule has 0 aromatic rings. The van der Waals surface area contributed by atoms with Crippen molar-refractivity contribution in [2.75, 3.05) is 6.61 Å². The van der Waals surface area contributed by atoms with Crippen molar-refractivity contribution >= 4 is 7.82 Å². The normalized spacial score (nSPS) is 13.2. The quantitative estimate of drug-likeness (QED) is 0.338. The van der Waals surface area contributed by atoms with Crippen LogP contribution in [0.1, 0.15) is 20.3 Å². The highest BCUT2D eigenvalue weighted by atomic mass is 31.2. The van der Waals surface area contributed by atoms with Gasteiger partial charge in [-0.3, -0.25) is 4.57 Å². The standard InChI is InChI=1S/C16H17O5P/c1-4-7-8-9-10-11-13-15(17)16(12-5-2)21-22(18,19)20-14-6-3/h5,12,16-17H,1,6,14H2,2-3H3,(H,18,19)/p-1/b12-5+. The fraction of sp³-hybridized carbons (Fsp3) is 0.312. The molecule has 0 heterocycles. The third-order valence-corrected chi connectivity index (χ3v) is 2.85. The number of hydrogen-bond donors (Lipinski definition) is 1. The van der Waals surface area contributed by atoms with Crippen LogP contribution in [-0.2, 0) is 13.6 Å². The summed E-state index contributed by atoms with van der Waals surface area (Å²) in [7, 11) is -4.53. The molecule has 6 heteroatoms. The number of hydrogen-bond acceptors (Lipinski definition) is 5. The molecule has 22 heavy (non-hydrogen) atoms. The molecule has 0 aromatic heterocycles. The summed E-state index contributed by atoms with van der Waals surface area (Å²) in [4.78, 5) is 11.5. The zero-order valence-electron chi connectivity index (χ0n) is 12.4. The van der Waals surface area contributed by atoms with E-state index in [4.69, 9.17) is 4.52 Å². The number of allylic oxidation sites excluding steroid dienone is 1. The van der Waals surface area contributed by atoms with Crippen molar-refractivity contribution in [2.24, 2.45) is 0 Å². The van der Waals surface area contributed by atoms with Crippen LogP contribution in [0.2, 0.25) is 0 Å². The molecular weight excluding hydrogens is 303 g/mol. The monoisotopic (exact) mass is 319 g/mol. The van der Waals surface area contributed by atoms with Crippen LogP contribution in [0, 0.1) is 0 Å². The van der Waals surface area contributed by atoms with Gasteiger partial charge in [0.2, 0.25) is 0 Å². The third-order valence-electron chi connectivity index (χ3n) is 1.86. The number of aliphatic hydroxyl groups is 1. The molecule has 0 saturated heterocycles. The highest BCUT2D eigenvalue weighted by Crippen LogP contribution is 2.41. The molecule has 0 radical (unpaired) electrons. The summed E-state index contributed by atoms with van der Waals surface area (Å²) in [5.41, 5.74) is 16.4. The van der Waals surface area contributed by atoms with Gasteiger partial charge < -0.3 is 19.0 Å². The van der Waals surface area contributed by atoms with Crippen molar-refractivity contribution in [3.05, 3.63) is 64.6 Å². The third kappa shape index (κ3) is 9.71. The summed E-state index contributed by atoms with van der Waals surface area (Å²) in [6.45, 7) is 6.66. The Morgan fingerprint density at radius 3 is 2.59 bits per heavy atom. The van der Waals surface area contributed by atoms with Crippen molar-refractivity contribution in [3.8, 4) is 0 Å². The summed E-state index contributed by atoms with van der Waals surface area (Å²) >= 11 is 0. The van der Waals surface area contributed by atoms with Gasteiger partial charge in [0.25, 0.3) is 7.82 Å². The molecule has 0 aliphatic carbocycles. The second kappa shape index (κ2) is 11.5. The maximum Gasteiger partial charge on any atom is 0.268 e. The van der Waals surface area contributed by atoms with Gasteiger partial charge in [0.15, 0.2) is 5.76 Å². The average molecular weight is 319 g/mol. The molecule has 5 nitrogen and oxygen atoms in total. The Labute approximate surface area is 129 Å². The molecule has 1 N–H and O–H groups in total. The number of aliphatic hydroxyl groups excluding tert-OH is 1. The zero-order chi connectivity index (χ0) is 16.8. The minimum Gasteiger partial charge on any atom is -0.756 e. The Bertz CT molecular complexity index is 706. The van der Waals surface area contributed by atoms with Crippen LogP contribution in [0.25, 0.3) is 0 Å². The molecule has 116 valence electrons. The van der Waals surface area contributed by atoms with Crippen LogP contribution in [0.5, 0.6) is 0 Å². The van der Waals surface area contributed by atoms with E-state index in [0.717, 1.165) is 0 Å². The van der Waals surface area contributed by atoms with Crippen molar-refractivity contribution in [2.45, 2.75) is 26.4 Å². The Hall–Kier alpha value is -2.15. The first kappa shape index (κ1) is 19.9. The second-order valence-electron chi connectivity index (χ2n) is 3.64. The van der Waals surface area contributed by atoms with Crippen molar-refractivity contribution in [3.63, 3.8) is 0 Å². The van der Waals surface area contributed by atoms with Gasteiger partial charge in [0.1, 0.15) is 6.10 Å². The maximum absolute atomic E-state index is 11.5. The lowest BCUT2D eigenvalue weighted by molar-refractivity contribution is -0.227. The van der Waals surface area contributed by atoms with Crippen LogP contribution >= 0.6 is 7.82 Å². The van der Waals surface area contributed by atoms with Gasteiger partial charge in [-0.05, 0) is 54.3 Å². The Morgan fingerprint density at radius 2 is 2.00 bits per heavy atom. The van der Waals surface area contributed by atoms with Gasteiger partial charge in [-0.2, -0.15) is 0 Å². The molecular formula is C16H16O5P-. The number of phosphoric acid groups is 1. The summed E-state index contributed by atoms with van der Waals surface area (Å²) in [5.74, 6) is -0.508. The first-order valence-corrected chi connectivity index (χ1v) is 7.78. The molecule has 0 spiro atoms. The van der Waals surface area contributed by atoms with Crippen molar-refractivity contribution < 1.29 is 23.6 Å². The van der Waals surface area contributed by atoms with Gasteiger partial charge in [0.05, 0.1) is 6.61 Å². The van der Waals surface area contributed by atoms with Crippen molar-refractivity contribution in [1.29, 1.82) is 0 Å². The molecule has 0 aliphatic heterocycles. The number of rotatable bonds is 7. The molecule has 0 saturated carbocycles. The first-order chi connectivity index (χ1) is 10.5. The fourth-order valence-corrected chi connectivity index (χ4v) is 1.94. The Balaban J connectivity index is 5.47. The Morgan fingerprint density at radius 1 is 1.36 bits per heavy atom. The van der Waals surface area contributed by atoms with E-state index in [1.54, 1.807) is 13.8 Å². The van der Waals surface area contributed by atoms with Crippen LogP contribution in [-0.4, -0.2) is 17.8 Å². The van der Waals surface area contributed by atoms with Crippen LogP contribution in [0.4, 0.5) is 0 Å². The molecule has 2 atom stereocenters. The molecule has 0 bridgehead atoms. The van der Waals surface area contributed by atoms with Crippen LogP contribution < -0.4 is 4.89 Å². The summed E-state index contributed by atoms with van der Waals surface area (Å²) in [5, 5.41) is 9.76. The summed E-state index contributed by atoms with van der Waals surface area (Å²) in [6, 6.07) is 0. The molecule has 0 fully saturated rings. The van der Waals surface area contributed by atoms with E-state index in [1.165, 1.54) is 12.2 Å². The molecule has 0 aromatic carbocycles. The van der Waals surface area contributed by atoms with E-state index in [9.17, 15) is 14.6 Å². The predicted molar refractivity (Wildman–Crippen MR) is 79.9 cm³/mol. The Kier molecular flexibility index (Phi) is 10.4. The molecule has 0 aliphatic rings. The average Bonchev–Trinajstić information content (AvgIpc) is 2.48. The largest absolute Gasteiger partial charge is 0.756 e. The van der Waals surface area contributed by atoms with Crippen molar-refractivity contribution in [1.82, 2.24) is 0 Å². The molecule has 0 amide bonds. The number of phosphoric ester groups is 1. The highest BCUT2D eigenvalue weighted by molar-refractivity contribution is 7.45. The zero-order valence-corrected chi connectivity index (χ0v) is 13.3. The fourth-order valence-electron chi connectivity index (χ4n) is 1.03. The van der Waals surface area contributed by atoms with E-state index in [0.29, 0.717) is 6.42 Å². The van der Waals surface area contributed by atoms with Gasteiger partial charge in [0, 0.05) is 0 Å². The van der Waals surface area contributed by atoms with Crippen LogP contribution in [0.3, 0.4) is 0 Å². The smallest absolute Gasteiger partial charge is 0.268 e. The first-order valence-electron chi connectivity index (χ1n) is 6.32. The lowest BCUT2D eigenvalue weighted by Crippen LogP contribution is -2.18. The maximum atomic E-state index is 11.5. The van der Waals surface area contributed by atoms with E-state index < -0.39 is 19.7 Å². The van der Waals surface area contributed by atoms with E-state index >= 15 is 0 Å². The van der Waals surface area contributed by atoms with E-state index in [2.05, 4.69) is 51.2 Å². The minimum atomic E-state index is -4.53. The van der Waals surface area contributed by atoms with E-state index in [1.807, 2.05) is 0 Å². The van der Waals surface area contributed by atoms with Crippen LogP contribution in [0.15, 0.2) is 64.6 Å². The van der Waals surface area contributed by atoms with Gasteiger partial charge in [-0.1, -0.05) is 24.8 Å². The molecule has 0 rings (SSSR count). The van der Waals surface area contributed by atoms with E-state index in [-0.39, 0.29) is 6.61 Å². The highest BCUT2D eigenvalue weighted by Gasteiger charge is 2.19. The summed E-state index contributed by atoms with van der Waals surface area (Å²) < 4.78 is 20.9. The SMILES string of the molecule is C=C=C=C=C=C=C=C=C(O)C(/C=C/C)OP(=O)([O-])OCCC. The second-order valence-corrected chi connectivity index (χ2v) is 5.01. The van der Waals surface area contributed by atoms with Gasteiger partial charge >= 0.3 is 0 Å². The summed E-state index contributed by atoms with van der Waals surface area (Å²) in [6.07, 6.45) is 2.09. The predicted octanol–water partition coefficient (Wildman–Crippen LogP) is 3.00. The topological polar surface area (TPSA) is 78.8 Å². The minimum absolute atomic E-state index is 0.000242. The lowest BCUT2D eigenvalue weighted by Gasteiger charge is -2.25. The lowest BCUT2D eigenvalue weighted by atomic mass is 10.3. The molecule has 2 unspecified atom stereocenters.